The van der Waals surface area contributed by atoms with Crippen molar-refractivity contribution < 1.29 is 19.4 Å². The van der Waals surface area contributed by atoms with Crippen molar-refractivity contribution in [3.8, 4) is 0 Å². The summed E-state index contributed by atoms with van der Waals surface area (Å²) in [5.74, 6) is -0.182. The Kier molecular flexibility index (Phi) is 3.29. The fourth-order valence-electron chi connectivity index (χ4n) is 6.55. The van der Waals surface area contributed by atoms with Gasteiger partial charge in [0.05, 0.1) is 12.2 Å². The van der Waals surface area contributed by atoms with E-state index in [1.165, 1.54) is 6.08 Å². The van der Waals surface area contributed by atoms with Crippen molar-refractivity contribution in [2.45, 2.75) is 64.3 Å². The third-order valence-electron chi connectivity index (χ3n) is 7.92. The van der Waals surface area contributed by atoms with Crippen molar-refractivity contribution in [1.82, 2.24) is 0 Å². The van der Waals surface area contributed by atoms with Crippen LogP contribution < -0.4 is 0 Å². The molecule has 4 rings (SSSR count). The quantitative estimate of drug-likeness (QED) is 0.716. The lowest BCUT2D eigenvalue weighted by atomic mass is 9.46. The molecule has 0 radical (unpaired) electrons. The van der Waals surface area contributed by atoms with Crippen LogP contribution in [0, 0.1) is 28.6 Å². The highest BCUT2D eigenvalue weighted by Gasteiger charge is 2.70. The van der Waals surface area contributed by atoms with E-state index in [1.54, 1.807) is 12.2 Å². The summed E-state index contributed by atoms with van der Waals surface area (Å²) in [7, 11) is 0. The van der Waals surface area contributed by atoms with Crippen LogP contribution in [0.3, 0.4) is 0 Å². The molecule has 0 aromatic rings. The van der Waals surface area contributed by atoms with Gasteiger partial charge in [0, 0.05) is 11.3 Å². The summed E-state index contributed by atoms with van der Waals surface area (Å²) in [5.41, 5.74) is -2.32. The summed E-state index contributed by atoms with van der Waals surface area (Å²) in [6, 6.07) is 0. The standard InChI is InChI=1S/C20H27FO3/c1-11-8-15-14-5-4-12-9-13(22)6-7-19(12,3)20(14,21)16(23)10-18(15,2)17(11)24/h6-7,9,11,14-17,23-24H,4-5,8,10H2,1-3H3/t11-,14+,15+,16+,17-,18+,19+,20+/m1/s1. The van der Waals surface area contributed by atoms with Gasteiger partial charge in [-0.25, -0.2) is 4.39 Å². The van der Waals surface area contributed by atoms with Gasteiger partial charge in [-0.2, -0.15) is 0 Å². The van der Waals surface area contributed by atoms with Crippen LogP contribution in [0.5, 0.6) is 0 Å². The molecule has 24 heavy (non-hydrogen) atoms. The molecule has 0 heterocycles. The molecular formula is C20H27FO3. The minimum Gasteiger partial charge on any atom is -0.392 e. The molecular weight excluding hydrogens is 307 g/mol. The molecule has 4 aliphatic rings. The van der Waals surface area contributed by atoms with Crippen LogP contribution in [0.2, 0.25) is 0 Å². The number of allylic oxidation sites excluding steroid dienone is 4. The maximum atomic E-state index is 16.6. The van der Waals surface area contributed by atoms with Gasteiger partial charge < -0.3 is 10.2 Å². The van der Waals surface area contributed by atoms with E-state index in [4.69, 9.17) is 0 Å². The van der Waals surface area contributed by atoms with Gasteiger partial charge in [0.25, 0.3) is 0 Å². The molecule has 0 spiro atoms. The highest BCUT2D eigenvalue weighted by molar-refractivity contribution is 6.01. The summed E-state index contributed by atoms with van der Waals surface area (Å²) >= 11 is 0. The molecule has 0 unspecified atom stereocenters. The lowest BCUT2D eigenvalue weighted by molar-refractivity contribution is -0.201. The van der Waals surface area contributed by atoms with Gasteiger partial charge in [-0.3, -0.25) is 4.79 Å². The molecule has 3 fully saturated rings. The highest BCUT2D eigenvalue weighted by Crippen LogP contribution is 2.68. The summed E-state index contributed by atoms with van der Waals surface area (Å²) < 4.78 is 16.6. The summed E-state index contributed by atoms with van der Waals surface area (Å²) in [4.78, 5) is 11.7. The molecule has 2 N–H and O–H groups in total. The Morgan fingerprint density at radius 3 is 2.67 bits per heavy atom. The maximum Gasteiger partial charge on any atom is 0.178 e. The van der Waals surface area contributed by atoms with Crippen molar-refractivity contribution in [2.24, 2.45) is 28.6 Å². The third-order valence-corrected chi connectivity index (χ3v) is 7.92. The van der Waals surface area contributed by atoms with E-state index in [1.807, 2.05) is 20.8 Å². The average molecular weight is 334 g/mol. The minimum atomic E-state index is -1.78. The molecule has 4 aliphatic carbocycles. The lowest BCUT2D eigenvalue weighted by Crippen LogP contribution is -2.66. The predicted molar refractivity (Wildman–Crippen MR) is 88.9 cm³/mol. The second-order valence-corrected chi connectivity index (χ2v) is 9.01. The molecule has 4 heteroatoms. The molecule has 0 amide bonds. The Hall–Kier alpha value is -1.00. The number of alkyl halides is 1. The van der Waals surface area contributed by atoms with Gasteiger partial charge in [0.2, 0.25) is 0 Å². The highest BCUT2D eigenvalue weighted by atomic mass is 19.1. The number of aliphatic hydroxyl groups excluding tert-OH is 2. The number of carbonyl (C=O) groups excluding carboxylic acids is 1. The first-order chi connectivity index (χ1) is 11.1. The monoisotopic (exact) mass is 334 g/mol. The van der Waals surface area contributed by atoms with E-state index < -0.39 is 28.7 Å². The zero-order valence-corrected chi connectivity index (χ0v) is 14.6. The first-order valence-corrected chi connectivity index (χ1v) is 9.14. The second-order valence-electron chi connectivity index (χ2n) is 9.01. The molecule has 0 saturated heterocycles. The largest absolute Gasteiger partial charge is 0.392 e. The zero-order valence-electron chi connectivity index (χ0n) is 14.6. The van der Waals surface area contributed by atoms with Crippen LogP contribution in [0.25, 0.3) is 0 Å². The summed E-state index contributed by atoms with van der Waals surface area (Å²) in [6.45, 7) is 5.87. The number of halogens is 1. The Balaban J connectivity index is 1.83. The fraction of sp³-hybridized carbons (Fsp3) is 0.750. The predicted octanol–water partition coefficient (Wildman–Crippen LogP) is 2.96. The SMILES string of the molecule is C[C@@H]1C[C@H]2[C@@H]3CCC4=CC(=O)C=C[C@]4(C)[C@@]3(F)[C@@H](O)C[C@]2(C)[C@@H]1O. The number of ketones is 1. The molecule has 8 atom stereocenters. The number of aliphatic hydroxyl groups is 2. The van der Waals surface area contributed by atoms with Gasteiger partial charge in [-0.05, 0) is 62.0 Å². The van der Waals surface area contributed by atoms with Gasteiger partial charge in [0.1, 0.15) is 0 Å². The van der Waals surface area contributed by atoms with Crippen molar-refractivity contribution in [1.29, 1.82) is 0 Å². The number of carbonyl (C=O) groups is 1. The number of rotatable bonds is 0. The van der Waals surface area contributed by atoms with Crippen LogP contribution in [0.1, 0.15) is 46.5 Å². The van der Waals surface area contributed by atoms with E-state index in [0.717, 1.165) is 12.0 Å². The summed E-state index contributed by atoms with van der Waals surface area (Å²) in [5, 5.41) is 21.6. The smallest absolute Gasteiger partial charge is 0.178 e. The van der Waals surface area contributed by atoms with E-state index in [2.05, 4.69) is 0 Å². The Morgan fingerprint density at radius 1 is 1.25 bits per heavy atom. The average Bonchev–Trinajstić information content (AvgIpc) is 2.74. The molecule has 132 valence electrons. The van der Waals surface area contributed by atoms with Gasteiger partial charge in [-0.1, -0.05) is 25.5 Å². The minimum absolute atomic E-state index is 0.0697. The fourth-order valence-corrected chi connectivity index (χ4v) is 6.55. The molecule has 0 aromatic heterocycles. The second kappa shape index (κ2) is 4.79. The van der Waals surface area contributed by atoms with E-state index in [-0.39, 0.29) is 30.0 Å². The van der Waals surface area contributed by atoms with E-state index in [9.17, 15) is 15.0 Å². The summed E-state index contributed by atoms with van der Waals surface area (Å²) in [6.07, 6.45) is 5.47. The lowest BCUT2D eigenvalue weighted by Gasteiger charge is -2.61. The molecule has 0 aliphatic heterocycles. The van der Waals surface area contributed by atoms with Crippen LogP contribution in [0.4, 0.5) is 4.39 Å². The Morgan fingerprint density at radius 2 is 1.96 bits per heavy atom. The van der Waals surface area contributed by atoms with Gasteiger partial charge in [-0.15, -0.1) is 0 Å². The Labute approximate surface area is 142 Å². The van der Waals surface area contributed by atoms with Crippen LogP contribution in [-0.4, -0.2) is 33.9 Å². The Bertz CT molecular complexity index is 655. The molecule has 0 bridgehead atoms. The number of hydrogen-bond donors (Lipinski definition) is 2. The number of hydrogen-bond acceptors (Lipinski definition) is 3. The van der Waals surface area contributed by atoms with Crippen LogP contribution in [0.15, 0.2) is 23.8 Å². The van der Waals surface area contributed by atoms with Gasteiger partial charge in [0.15, 0.2) is 11.5 Å². The topological polar surface area (TPSA) is 57.5 Å². The third kappa shape index (κ3) is 1.71. The maximum absolute atomic E-state index is 16.6. The van der Waals surface area contributed by atoms with Crippen molar-refractivity contribution in [3.63, 3.8) is 0 Å². The van der Waals surface area contributed by atoms with Crippen molar-refractivity contribution in [3.05, 3.63) is 23.8 Å². The van der Waals surface area contributed by atoms with E-state index in [0.29, 0.717) is 12.8 Å². The molecule has 3 nitrogen and oxygen atoms in total. The van der Waals surface area contributed by atoms with Crippen molar-refractivity contribution >= 4 is 5.78 Å². The number of fused-ring (bicyclic) bond motifs is 5. The van der Waals surface area contributed by atoms with Gasteiger partial charge >= 0.3 is 0 Å². The van der Waals surface area contributed by atoms with E-state index >= 15 is 4.39 Å². The molecule has 0 aromatic carbocycles. The van der Waals surface area contributed by atoms with Crippen LogP contribution in [-0.2, 0) is 4.79 Å². The molecule has 3 saturated carbocycles. The normalized spacial score (nSPS) is 56.3. The zero-order chi connectivity index (χ0) is 17.5. The van der Waals surface area contributed by atoms with Crippen molar-refractivity contribution in [2.75, 3.05) is 0 Å². The van der Waals surface area contributed by atoms with Crippen LogP contribution >= 0.6 is 0 Å². The first-order valence-electron chi connectivity index (χ1n) is 9.14. The first kappa shape index (κ1) is 16.5.